The zero-order chi connectivity index (χ0) is 7.33. The van der Waals surface area contributed by atoms with Crippen molar-refractivity contribution < 1.29 is 14.0 Å². The summed E-state index contributed by atoms with van der Waals surface area (Å²) in [6.45, 7) is 6.66. The zero-order valence-electron chi connectivity index (χ0n) is 5.12. The molecule has 0 rings (SSSR count). The molecule has 0 saturated carbocycles. The van der Waals surface area contributed by atoms with E-state index in [1.54, 1.807) is 0 Å². The van der Waals surface area contributed by atoms with Crippen molar-refractivity contribution in [3.05, 3.63) is 19.6 Å². The molecule has 0 bridgehead atoms. The molecule has 1 unspecified atom stereocenters. The van der Waals surface area contributed by atoms with Crippen molar-refractivity contribution in [2.45, 2.75) is 0 Å². The molecular formula is C5H10O3P. The van der Waals surface area contributed by atoms with E-state index in [0.29, 0.717) is 0 Å². The van der Waals surface area contributed by atoms with Crippen LogP contribution < -0.4 is 0 Å². The summed E-state index contributed by atoms with van der Waals surface area (Å²) in [7, 11) is -3.37. The molecular weight excluding hydrogens is 139 g/mol. The minimum Gasteiger partial charge on any atom is -0.324 e. The van der Waals surface area contributed by atoms with Crippen LogP contribution in [0.2, 0.25) is 0 Å². The van der Waals surface area contributed by atoms with Crippen LogP contribution >= 0.6 is 7.60 Å². The van der Waals surface area contributed by atoms with Crippen molar-refractivity contribution in [3.8, 4) is 0 Å². The van der Waals surface area contributed by atoms with Gasteiger partial charge in [-0.25, -0.2) is 0 Å². The first-order chi connectivity index (χ1) is 4.12. The van der Waals surface area contributed by atoms with Gasteiger partial charge in [-0.15, -0.1) is 6.58 Å². The molecule has 0 fully saturated rings. The second-order valence-electron chi connectivity index (χ2n) is 1.45. The van der Waals surface area contributed by atoms with Gasteiger partial charge in [-0.1, -0.05) is 6.08 Å². The summed E-state index contributed by atoms with van der Waals surface area (Å²) in [4.78, 5) is 8.68. The standard InChI is InChI=1S/C5H10O3P/c1-3-5-8-9(6,7)4-2/h3H,1-2,4-5H2,(H,6,7). The molecule has 1 atom stereocenters. The highest BCUT2D eigenvalue weighted by atomic mass is 31.2. The molecule has 0 aliphatic heterocycles. The molecule has 1 N–H and O–H groups in total. The van der Waals surface area contributed by atoms with E-state index in [0.717, 1.165) is 0 Å². The molecule has 3 nitrogen and oxygen atoms in total. The molecule has 9 heavy (non-hydrogen) atoms. The van der Waals surface area contributed by atoms with Crippen LogP contribution in [0.25, 0.3) is 0 Å². The van der Waals surface area contributed by atoms with Gasteiger partial charge >= 0.3 is 7.60 Å². The number of hydrogen-bond donors (Lipinski definition) is 1. The number of hydrogen-bond acceptors (Lipinski definition) is 2. The van der Waals surface area contributed by atoms with Gasteiger partial charge < -0.3 is 9.42 Å². The van der Waals surface area contributed by atoms with Crippen molar-refractivity contribution in [1.82, 2.24) is 0 Å². The Morgan fingerprint density at radius 1 is 1.78 bits per heavy atom. The third-order valence-corrected chi connectivity index (χ3v) is 1.79. The van der Waals surface area contributed by atoms with Crippen LogP contribution in [0.3, 0.4) is 0 Å². The first kappa shape index (κ1) is 8.89. The van der Waals surface area contributed by atoms with Crippen molar-refractivity contribution in [3.63, 3.8) is 0 Å². The maximum Gasteiger partial charge on any atom is 0.328 e. The van der Waals surface area contributed by atoms with Gasteiger partial charge in [-0.2, -0.15) is 0 Å². The summed E-state index contributed by atoms with van der Waals surface area (Å²) in [5, 5.41) is 0. The molecule has 0 spiro atoms. The average Bonchev–Trinajstić information content (AvgIpc) is 1.84. The summed E-state index contributed by atoms with van der Waals surface area (Å²) in [5.74, 6) is 0. The molecule has 53 valence electrons. The Bertz CT molecular complexity index is 132. The summed E-state index contributed by atoms with van der Waals surface area (Å²) in [6, 6.07) is 0. The Morgan fingerprint density at radius 2 is 2.33 bits per heavy atom. The SMILES string of the molecule is [CH2]CP(=O)(O)OCC=C. The molecule has 4 heteroatoms. The van der Waals surface area contributed by atoms with Crippen molar-refractivity contribution in [2.24, 2.45) is 0 Å². The summed E-state index contributed by atoms with van der Waals surface area (Å²) in [6.07, 6.45) is 1.32. The van der Waals surface area contributed by atoms with Crippen LogP contribution in [0.5, 0.6) is 0 Å². The summed E-state index contributed by atoms with van der Waals surface area (Å²) in [5.41, 5.74) is 0. The van der Waals surface area contributed by atoms with Gasteiger partial charge in [0, 0.05) is 0 Å². The zero-order valence-corrected chi connectivity index (χ0v) is 6.01. The molecule has 1 radical (unpaired) electrons. The Hall–Kier alpha value is -0.110. The van der Waals surface area contributed by atoms with Crippen LogP contribution in [0.15, 0.2) is 12.7 Å². The van der Waals surface area contributed by atoms with E-state index in [2.05, 4.69) is 18.0 Å². The molecule has 0 aliphatic rings. The lowest BCUT2D eigenvalue weighted by Gasteiger charge is -2.05. The fourth-order valence-electron chi connectivity index (χ4n) is 0.234. The fraction of sp³-hybridized carbons (Fsp3) is 0.400. The molecule has 0 aliphatic carbocycles. The summed E-state index contributed by atoms with van der Waals surface area (Å²) < 4.78 is 15.0. The maximum atomic E-state index is 10.6. The van der Waals surface area contributed by atoms with E-state index in [1.165, 1.54) is 6.08 Å². The molecule has 0 saturated heterocycles. The van der Waals surface area contributed by atoms with E-state index in [-0.39, 0.29) is 12.8 Å². The quantitative estimate of drug-likeness (QED) is 0.482. The predicted molar refractivity (Wildman–Crippen MR) is 36.2 cm³/mol. The third-order valence-electron chi connectivity index (χ3n) is 0.677. The Morgan fingerprint density at radius 3 is 2.67 bits per heavy atom. The van der Waals surface area contributed by atoms with Gasteiger partial charge in [0.25, 0.3) is 0 Å². The van der Waals surface area contributed by atoms with E-state index in [1.807, 2.05) is 0 Å². The second-order valence-corrected chi connectivity index (χ2v) is 3.43. The number of rotatable bonds is 4. The summed E-state index contributed by atoms with van der Waals surface area (Å²) >= 11 is 0. The van der Waals surface area contributed by atoms with Crippen LogP contribution in [-0.4, -0.2) is 17.7 Å². The smallest absolute Gasteiger partial charge is 0.324 e. The van der Waals surface area contributed by atoms with Gasteiger partial charge in [-0.3, -0.25) is 4.57 Å². The largest absolute Gasteiger partial charge is 0.328 e. The van der Waals surface area contributed by atoms with Gasteiger partial charge in [0.1, 0.15) is 0 Å². The topological polar surface area (TPSA) is 46.5 Å². The molecule has 0 amide bonds. The lowest BCUT2D eigenvalue weighted by Crippen LogP contribution is -1.90. The Kier molecular flexibility index (Phi) is 3.78. The minimum absolute atomic E-state index is 0.0964. The third kappa shape index (κ3) is 4.40. The van der Waals surface area contributed by atoms with E-state index < -0.39 is 7.60 Å². The first-order valence-electron chi connectivity index (χ1n) is 2.49. The van der Waals surface area contributed by atoms with Crippen LogP contribution in [0.4, 0.5) is 0 Å². The Labute approximate surface area is 54.9 Å². The fourth-order valence-corrected chi connectivity index (χ4v) is 0.701. The highest BCUT2D eigenvalue weighted by molar-refractivity contribution is 7.52. The maximum absolute atomic E-state index is 10.6. The Balaban J connectivity index is 3.58. The minimum atomic E-state index is -3.37. The van der Waals surface area contributed by atoms with Crippen molar-refractivity contribution >= 4 is 7.60 Å². The second kappa shape index (κ2) is 3.83. The van der Waals surface area contributed by atoms with Crippen LogP contribution in [0, 0.1) is 6.92 Å². The van der Waals surface area contributed by atoms with E-state index in [9.17, 15) is 4.57 Å². The van der Waals surface area contributed by atoms with Gasteiger partial charge in [0.05, 0.1) is 12.8 Å². The van der Waals surface area contributed by atoms with Crippen LogP contribution in [-0.2, 0) is 9.09 Å². The predicted octanol–water partition coefficient (Wildman–Crippen LogP) is 1.21. The lowest BCUT2D eigenvalue weighted by atomic mass is 10.7. The lowest BCUT2D eigenvalue weighted by molar-refractivity contribution is 0.290. The first-order valence-corrected chi connectivity index (χ1v) is 4.25. The van der Waals surface area contributed by atoms with E-state index in [4.69, 9.17) is 4.89 Å². The monoisotopic (exact) mass is 149 g/mol. The molecule has 0 aromatic rings. The van der Waals surface area contributed by atoms with Gasteiger partial charge in [0.15, 0.2) is 0 Å². The highest BCUT2D eigenvalue weighted by Crippen LogP contribution is 2.40. The van der Waals surface area contributed by atoms with Crippen molar-refractivity contribution in [2.75, 3.05) is 12.8 Å². The highest BCUT2D eigenvalue weighted by Gasteiger charge is 2.13. The average molecular weight is 149 g/mol. The molecule has 0 aromatic carbocycles. The van der Waals surface area contributed by atoms with E-state index >= 15 is 0 Å². The molecule has 0 heterocycles. The van der Waals surface area contributed by atoms with Gasteiger partial charge in [-0.05, 0) is 6.92 Å². The normalized spacial score (nSPS) is 16.7. The van der Waals surface area contributed by atoms with Crippen LogP contribution in [0.1, 0.15) is 0 Å². The molecule has 0 aromatic heterocycles. The van der Waals surface area contributed by atoms with Crippen molar-refractivity contribution in [1.29, 1.82) is 0 Å². The van der Waals surface area contributed by atoms with Gasteiger partial charge in [0.2, 0.25) is 0 Å².